The molecule has 0 atom stereocenters. The summed E-state index contributed by atoms with van der Waals surface area (Å²) in [5, 5.41) is 11.2. The van der Waals surface area contributed by atoms with E-state index >= 15 is 0 Å². The molecule has 2 heterocycles. The molecule has 1 amide bonds. The summed E-state index contributed by atoms with van der Waals surface area (Å²) in [6.45, 7) is -0.00147. The molecule has 0 bridgehead atoms. The SMILES string of the molecule is O=C([O-])CCN1C(=O)/C(=C/c2ccc(-c3ccc(Cl)cc3)o2)SC1=S. The van der Waals surface area contributed by atoms with Gasteiger partial charge in [0.25, 0.3) is 5.91 Å². The minimum atomic E-state index is -1.23. The Morgan fingerprint density at radius 1 is 1.28 bits per heavy atom. The molecule has 0 aliphatic carbocycles. The highest BCUT2D eigenvalue weighted by Gasteiger charge is 2.31. The van der Waals surface area contributed by atoms with Gasteiger partial charge in [-0.25, -0.2) is 0 Å². The Morgan fingerprint density at radius 3 is 2.68 bits per heavy atom. The molecule has 0 N–H and O–H groups in total. The van der Waals surface area contributed by atoms with E-state index in [2.05, 4.69) is 0 Å². The smallest absolute Gasteiger partial charge is 0.266 e. The number of carbonyl (C=O) groups excluding carboxylic acids is 2. The standard InChI is InChI=1S/C17H12ClNO4S2/c18-11-3-1-10(2-4-11)13-6-5-12(23-13)9-14-16(22)19(17(24)25-14)8-7-15(20)21/h1-6,9H,7-8H2,(H,20,21)/p-1/b14-9-. The number of hydrogen-bond acceptors (Lipinski definition) is 6. The third kappa shape index (κ3) is 4.12. The molecule has 3 rings (SSSR count). The van der Waals surface area contributed by atoms with Crippen molar-refractivity contribution in [1.82, 2.24) is 4.90 Å². The maximum atomic E-state index is 12.3. The average molecular weight is 393 g/mol. The number of thioether (sulfide) groups is 1. The van der Waals surface area contributed by atoms with Gasteiger partial charge in [0.2, 0.25) is 0 Å². The van der Waals surface area contributed by atoms with E-state index in [1.807, 2.05) is 12.1 Å². The van der Waals surface area contributed by atoms with Crippen molar-refractivity contribution in [1.29, 1.82) is 0 Å². The van der Waals surface area contributed by atoms with Crippen LogP contribution in [0, 0.1) is 0 Å². The molecule has 0 saturated carbocycles. The summed E-state index contributed by atoms with van der Waals surface area (Å²) in [6, 6.07) is 10.8. The highest BCUT2D eigenvalue weighted by molar-refractivity contribution is 8.26. The number of furan rings is 1. The molecule has 1 saturated heterocycles. The van der Waals surface area contributed by atoms with Crippen molar-refractivity contribution >= 4 is 57.9 Å². The fourth-order valence-electron chi connectivity index (χ4n) is 2.22. The lowest BCUT2D eigenvalue weighted by atomic mass is 10.2. The minimum Gasteiger partial charge on any atom is -0.550 e. The Kier molecular flexibility index (Phi) is 5.27. The summed E-state index contributed by atoms with van der Waals surface area (Å²) >= 11 is 12.1. The normalized spacial score (nSPS) is 16.0. The van der Waals surface area contributed by atoms with Gasteiger partial charge in [0.15, 0.2) is 0 Å². The fourth-order valence-corrected chi connectivity index (χ4v) is 3.64. The van der Waals surface area contributed by atoms with Gasteiger partial charge in [-0.1, -0.05) is 35.6 Å². The van der Waals surface area contributed by atoms with Crippen molar-refractivity contribution in [3.05, 3.63) is 52.1 Å². The van der Waals surface area contributed by atoms with Crippen LogP contribution in [0.4, 0.5) is 0 Å². The zero-order valence-electron chi connectivity index (χ0n) is 12.7. The van der Waals surface area contributed by atoms with Crippen LogP contribution in [0.25, 0.3) is 17.4 Å². The summed E-state index contributed by atoms with van der Waals surface area (Å²) in [4.78, 5) is 24.5. The Bertz CT molecular complexity index is 873. The van der Waals surface area contributed by atoms with Gasteiger partial charge in [-0.2, -0.15) is 0 Å². The number of benzene rings is 1. The summed E-state index contributed by atoms with van der Waals surface area (Å²) in [6.07, 6.45) is 1.33. The number of carboxylic acids is 1. The third-order valence-corrected chi connectivity index (χ3v) is 5.07. The van der Waals surface area contributed by atoms with E-state index in [0.717, 1.165) is 17.3 Å². The van der Waals surface area contributed by atoms with Gasteiger partial charge in [0.1, 0.15) is 15.8 Å². The maximum Gasteiger partial charge on any atom is 0.266 e. The summed E-state index contributed by atoms with van der Waals surface area (Å²) in [5.41, 5.74) is 0.866. The van der Waals surface area contributed by atoms with Crippen LogP contribution in [-0.2, 0) is 9.59 Å². The molecular weight excluding hydrogens is 382 g/mol. The second kappa shape index (κ2) is 7.43. The Labute approximate surface area is 158 Å². The highest BCUT2D eigenvalue weighted by atomic mass is 35.5. The second-order valence-electron chi connectivity index (χ2n) is 5.16. The first-order valence-electron chi connectivity index (χ1n) is 7.25. The lowest BCUT2D eigenvalue weighted by Gasteiger charge is -2.14. The Balaban J connectivity index is 1.77. The number of aliphatic carboxylic acids is 1. The van der Waals surface area contributed by atoms with E-state index in [9.17, 15) is 14.7 Å². The first-order valence-corrected chi connectivity index (χ1v) is 8.85. The number of amides is 1. The average Bonchev–Trinajstić information content (AvgIpc) is 3.12. The molecule has 1 aromatic carbocycles. The quantitative estimate of drug-likeness (QED) is 0.575. The molecule has 2 aromatic rings. The van der Waals surface area contributed by atoms with E-state index in [4.69, 9.17) is 28.2 Å². The van der Waals surface area contributed by atoms with E-state index in [0.29, 0.717) is 25.8 Å². The molecule has 1 aromatic heterocycles. The number of carboxylic acid groups (broad SMARTS) is 1. The van der Waals surface area contributed by atoms with Crippen LogP contribution in [0.2, 0.25) is 5.02 Å². The lowest BCUT2D eigenvalue weighted by molar-refractivity contribution is -0.305. The number of thiocarbonyl (C=S) groups is 1. The molecule has 1 aliphatic heterocycles. The molecule has 0 unspecified atom stereocenters. The van der Waals surface area contributed by atoms with Gasteiger partial charge in [-0.15, -0.1) is 0 Å². The van der Waals surface area contributed by atoms with Crippen molar-refractivity contribution in [3.8, 4) is 11.3 Å². The van der Waals surface area contributed by atoms with Gasteiger partial charge in [0, 0.05) is 35.6 Å². The number of carbonyl (C=O) groups is 2. The van der Waals surface area contributed by atoms with E-state index < -0.39 is 5.97 Å². The van der Waals surface area contributed by atoms with Gasteiger partial charge in [-0.05, 0) is 36.4 Å². The van der Waals surface area contributed by atoms with Crippen molar-refractivity contribution in [2.45, 2.75) is 6.42 Å². The zero-order valence-corrected chi connectivity index (χ0v) is 15.1. The van der Waals surface area contributed by atoms with Crippen LogP contribution < -0.4 is 5.11 Å². The molecule has 1 fully saturated rings. The van der Waals surface area contributed by atoms with Crippen molar-refractivity contribution in [2.75, 3.05) is 6.54 Å². The van der Waals surface area contributed by atoms with Crippen LogP contribution in [-0.4, -0.2) is 27.6 Å². The largest absolute Gasteiger partial charge is 0.550 e. The molecule has 0 radical (unpaired) electrons. The minimum absolute atomic E-state index is 0.00147. The third-order valence-electron chi connectivity index (χ3n) is 3.44. The predicted octanol–water partition coefficient (Wildman–Crippen LogP) is 2.94. The highest BCUT2D eigenvalue weighted by Crippen LogP contribution is 2.33. The Morgan fingerprint density at radius 2 is 2.00 bits per heavy atom. The van der Waals surface area contributed by atoms with E-state index in [-0.39, 0.29) is 18.9 Å². The van der Waals surface area contributed by atoms with Gasteiger partial charge >= 0.3 is 0 Å². The lowest BCUT2D eigenvalue weighted by Crippen LogP contribution is -2.33. The van der Waals surface area contributed by atoms with Gasteiger partial charge < -0.3 is 14.3 Å². The second-order valence-corrected chi connectivity index (χ2v) is 7.28. The van der Waals surface area contributed by atoms with Gasteiger partial charge in [-0.3, -0.25) is 9.69 Å². The van der Waals surface area contributed by atoms with Crippen molar-refractivity contribution in [3.63, 3.8) is 0 Å². The van der Waals surface area contributed by atoms with Crippen LogP contribution >= 0.6 is 35.6 Å². The molecule has 25 heavy (non-hydrogen) atoms. The number of nitrogens with zero attached hydrogens (tertiary/aromatic N) is 1. The molecule has 128 valence electrons. The zero-order chi connectivity index (χ0) is 18.0. The number of hydrogen-bond donors (Lipinski definition) is 0. The molecule has 1 aliphatic rings. The number of halogens is 1. The molecule has 8 heteroatoms. The van der Waals surface area contributed by atoms with Crippen molar-refractivity contribution in [2.24, 2.45) is 0 Å². The van der Waals surface area contributed by atoms with Crippen LogP contribution in [0.15, 0.2) is 45.7 Å². The number of rotatable bonds is 5. The van der Waals surface area contributed by atoms with E-state index in [1.165, 1.54) is 4.90 Å². The van der Waals surface area contributed by atoms with Crippen molar-refractivity contribution < 1.29 is 19.1 Å². The van der Waals surface area contributed by atoms with Crippen LogP contribution in [0.1, 0.15) is 12.2 Å². The van der Waals surface area contributed by atoms with Gasteiger partial charge in [0.05, 0.1) is 4.91 Å². The summed E-state index contributed by atoms with van der Waals surface area (Å²) < 4.78 is 6.06. The first kappa shape index (κ1) is 17.7. The van der Waals surface area contributed by atoms with Crippen LogP contribution in [0.5, 0.6) is 0 Å². The molecular formula is C17H11ClNO4S2-. The summed E-state index contributed by atoms with van der Waals surface area (Å²) in [7, 11) is 0. The maximum absolute atomic E-state index is 12.3. The first-order chi connectivity index (χ1) is 11.9. The molecule has 5 nitrogen and oxygen atoms in total. The van der Waals surface area contributed by atoms with E-state index in [1.54, 1.807) is 30.3 Å². The fraction of sp³-hybridized carbons (Fsp3) is 0.118. The van der Waals surface area contributed by atoms with Crippen LogP contribution in [0.3, 0.4) is 0 Å². The monoisotopic (exact) mass is 392 g/mol. The predicted molar refractivity (Wildman–Crippen MR) is 98.7 cm³/mol. The summed E-state index contributed by atoms with van der Waals surface area (Å²) in [5.74, 6) is -0.405. The topological polar surface area (TPSA) is 73.6 Å². The molecule has 0 spiro atoms. The Hall–Kier alpha value is -2.09.